The first-order valence-corrected chi connectivity index (χ1v) is 5.67. The standard InChI is InChI=1S/C13H19FN2O/c1-5-15(3)9-13(17)16(4)11-7-6-10(2)12(14)8-11/h6-8H,5,9H2,1-4H3. The van der Waals surface area contributed by atoms with Crippen molar-refractivity contribution in [1.29, 1.82) is 0 Å². The van der Waals surface area contributed by atoms with Crippen LogP contribution in [0.5, 0.6) is 0 Å². The Hall–Kier alpha value is -1.42. The van der Waals surface area contributed by atoms with Crippen LogP contribution in [0.3, 0.4) is 0 Å². The smallest absolute Gasteiger partial charge is 0.240 e. The van der Waals surface area contributed by atoms with E-state index in [-0.39, 0.29) is 11.7 Å². The Morgan fingerprint density at radius 2 is 2.00 bits per heavy atom. The molecule has 0 N–H and O–H groups in total. The molecular weight excluding hydrogens is 219 g/mol. The third-order valence-corrected chi connectivity index (χ3v) is 2.86. The molecule has 0 aromatic heterocycles. The van der Waals surface area contributed by atoms with Gasteiger partial charge in [-0.05, 0) is 38.2 Å². The van der Waals surface area contributed by atoms with Gasteiger partial charge in [0.05, 0.1) is 6.54 Å². The Bertz CT molecular complexity index is 406. The number of carbonyl (C=O) groups excluding carboxylic acids is 1. The third kappa shape index (κ3) is 3.53. The number of benzene rings is 1. The summed E-state index contributed by atoms with van der Waals surface area (Å²) in [6, 6.07) is 4.82. The zero-order valence-corrected chi connectivity index (χ0v) is 10.8. The Kier molecular flexibility index (Phi) is 4.63. The monoisotopic (exact) mass is 238 g/mol. The second-order valence-corrected chi connectivity index (χ2v) is 4.22. The largest absolute Gasteiger partial charge is 0.314 e. The molecule has 0 aliphatic carbocycles. The lowest BCUT2D eigenvalue weighted by molar-refractivity contribution is -0.119. The number of hydrogen-bond acceptors (Lipinski definition) is 2. The summed E-state index contributed by atoms with van der Waals surface area (Å²) >= 11 is 0. The predicted molar refractivity (Wildman–Crippen MR) is 67.7 cm³/mol. The van der Waals surface area contributed by atoms with Gasteiger partial charge >= 0.3 is 0 Å². The lowest BCUT2D eigenvalue weighted by Gasteiger charge is -2.21. The van der Waals surface area contributed by atoms with Crippen molar-refractivity contribution >= 4 is 11.6 Å². The number of halogens is 1. The topological polar surface area (TPSA) is 23.6 Å². The predicted octanol–water partition coefficient (Wildman–Crippen LogP) is 2.05. The number of nitrogens with zero attached hydrogens (tertiary/aromatic N) is 2. The van der Waals surface area contributed by atoms with Crippen LogP contribution in [0.1, 0.15) is 12.5 Å². The Labute approximate surface area is 102 Å². The summed E-state index contributed by atoms with van der Waals surface area (Å²) in [4.78, 5) is 15.3. The van der Waals surface area contributed by atoms with Gasteiger partial charge in [0.25, 0.3) is 0 Å². The number of hydrogen-bond donors (Lipinski definition) is 0. The maximum atomic E-state index is 13.4. The van der Waals surface area contributed by atoms with Crippen molar-refractivity contribution in [2.24, 2.45) is 0 Å². The molecule has 0 atom stereocenters. The molecule has 0 unspecified atom stereocenters. The van der Waals surface area contributed by atoms with Crippen LogP contribution in [0, 0.1) is 12.7 Å². The number of anilines is 1. The van der Waals surface area contributed by atoms with Crippen LogP contribution in [0.25, 0.3) is 0 Å². The van der Waals surface area contributed by atoms with Gasteiger partial charge in [0.2, 0.25) is 5.91 Å². The quantitative estimate of drug-likeness (QED) is 0.801. The van der Waals surface area contributed by atoms with E-state index < -0.39 is 0 Å². The average Bonchev–Trinajstić information content (AvgIpc) is 2.31. The highest BCUT2D eigenvalue weighted by Gasteiger charge is 2.13. The molecule has 0 bridgehead atoms. The summed E-state index contributed by atoms with van der Waals surface area (Å²) in [7, 11) is 3.54. The van der Waals surface area contributed by atoms with Crippen LogP contribution >= 0.6 is 0 Å². The van der Waals surface area contributed by atoms with E-state index in [0.717, 1.165) is 6.54 Å². The summed E-state index contributed by atoms with van der Waals surface area (Å²) < 4.78 is 13.4. The van der Waals surface area contributed by atoms with Gasteiger partial charge in [-0.2, -0.15) is 0 Å². The highest BCUT2D eigenvalue weighted by atomic mass is 19.1. The van der Waals surface area contributed by atoms with Crippen LogP contribution in [0.4, 0.5) is 10.1 Å². The lowest BCUT2D eigenvalue weighted by atomic mass is 10.2. The number of carbonyl (C=O) groups is 1. The van der Waals surface area contributed by atoms with Crippen LogP contribution in [-0.4, -0.2) is 38.0 Å². The number of likely N-dealkylation sites (N-methyl/N-ethyl adjacent to an activating group) is 2. The Balaban J connectivity index is 2.78. The van der Waals surface area contributed by atoms with Crippen molar-refractivity contribution in [3.63, 3.8) is 0 Å². The highest BCUT2D eigenvalue weighted by Crippen LogP contribution is 2.17. The second kappa shape index (κ2) is 5.77. The number of rotatable bonds is 4. The van der Waals surface area contributed by atoms with E-state index in [1.165, 1.54) is 11.0 Å². The molecule has 0 aliphatic rings. The zero-order chi connectivity index (χ0) is 13.0. The first kappa shape index (κ1) is 13.6. The minimum atomic E-state index is -0.286. The fourth-order valence-corrected chi connectivity index (χ4v) is 1.38. The summed E-state index contributed by atoms with van der Waals surface area (Å²) in [5.41, 5.74) is 1.17. The molecule has 1 amide bonds. The maximum Gasteiger partial charge on any atom is 0.240 e. The molecule has 0 fully saturated rings. The minimum Gasteiger partial charge on any atom is -0.314 e. The minimum absolute atomic E-state index is 0.0439. The van der Waals surface area contributed by atoms with Gasteiger partial charge < -0.3 is 4.90 Å². The van der Waals surface area contributed by atoms with E-state index in [9.17, 15) is 9.18 Å². The summed E-state index contributed by atoms with van der Waals surface area (Å²) in [5, 5.41) is 0. The van der Waals surface area contributed by atoms with Gasteiger partial charge in [-0.1, -0.05) is 13.0 Å². The first-order valence-electron chi connectivity index (χ1n) is 5.67. The molecular formula is C13H19FN2O. The summed E-state index contributed by atoms with van der Waals surface area (Å²) in [6.07, 6.45) is 0. The Morgan fingerprint density at radius 1 is 1.35 bits per heavy atom. The molecule has 0 saturated carbocycles. The van der Waals surface area contributed by atoms with Crippen LogP contribution in [0.2, 0.25) is 0 Å². The van der Waals surface area contributed by atoms with Crippen molar-refractivity contribution in [3.05, 3.63) is 29.6 Å². The number of amides is 1. The SMILES string of the molecule is CCN(C)CC(=O)N(C)c1ccc(C)c(F)c1. The molecule has 0 radical (unpaired) electrons. The maximum absolute atomic E-state index is 13.4. The van der Waals surface area contributed by atoms with Gasteiger partial charge in [0, 0.05) is 12.7 Å². The van der Waals surface area contributed by atoms with Crippen molar-refractivity contribution in [1.82, 2.24) is 4.90 Å². The summed E-state index contributed by atoms with van der Waals surface area (Å²) in [5.74, 6) is -0.330. The molecule has 17 heavy (non-hydrogen) atoms. The van der Waals surface area contributed by atoms with Crippen LogP contribution in [0.15, 0.2) is 18.2 Å². The van der Waals surface area contributed by atoms with Gasteiger partial charge in [-0.15, -0.1) is 0 Å². The number of aryl methyl sites for hydroxylation is 1. The van der Waals surface area contributed by atoms with Crippen LogP contribution < -0.4 is 4.90 Å². The van der Waals surface area contributed by atoms with E-state index in [2.05, 4.69) is 0 Å². The van der Waals surface area contributed by atoms with Crippen molar-refractivity contribution < 1.29 is 9.18 Å². The molecule has 0 aliphatic heterocycles. The fraction of sp³-hybridized carbons (Fsp3) is 0.462. The zero-order valence-electron chi connectivity index (χ0n) is 10.8. The molecule has 1 aromatic rings. The van der Waals surface area contributed by atoms with Crippen molar-refractivity contribution in [2.45, 2.75) is 13.8 Å². The normalized spacial score (nSPS) is 10.7. The third-order valence-electron chi connectivity index (χ3n) is 2.86. The molecule has 0 heterocycles. The van der Waals surface area contributed by atoms with Gasteiger partial charge in [0.15, 0.2) is 0 Å². The molecule has 1 aromatic carbocycles. The molecule has 4 heteroatoms. The summed E-state index contributed by atoms with van der Waals surface area (Å²) in [6.45, 7) is 4.83. The molecule has 3 nitrogen and oxygen atoms in total. The molecule has 94 valence electrons. The van der Waals surface area contributed by atoms with Crippen molar-refractivity contribution in [3.8, 4) is 0 Å². The Morgan fingerprint density at radius 3 is 2.53 bits per heavy atom. The van der Waals surface area contributed by atoms with Crippen LogP contribution in [-0.2, 0) is 4.79 Å². The average molecular weight is 238 g/mol. The molecule has 0 saturated heterocycles. The van der Waals surface area contributed by atoms with E-state index in [1.54, 1.807) is 26.1 Å². The van der Waals surface area contributed by atoms with Gasteiger partial charge in [-0.25, -0.2) is 4.39 Å². The fourth-order valence-electron chi connectivity index (χ4n) is 1.38. The van der Waals surface area contributed by atoms with Gasteiger partial charge in [-0.3, -0.25) is 9.69 Å². The first-order chi connectivity index (χ1) is 7.95. The molecule has 1 rings (SSSR count). The second-order valence-electron chi connectivity index (χ2n) is 4.22. The lowest BCUT2D eigenvalue weighted by Crippen LogP contribution is -2.36. The highest BCUT2D eigenvalue weighted by molar-refractivity contribution is 5.94. The van der Waals surface area contributed by atoms with E-state index in [0.29, 0.717) is 17.8 Å². The van der Waals surface area contributed by atoms with Crippen molar-refractivity contribution in [2.75, 3.05) is 32.1 Å². The van der Waals surface area contributed by atoms with E-state index in [4.69, 9.17) is 0 Å². The van der Waals surface area contributed by atoms with Gasteiger partial charge in [0.1, 0.15) is 5.82 Å². The van der Waals surface area contributed by atoms with E-state index >= 15 is 0 Å². The van der Waals surface area contributed by atoms with E-state index in [1.807, 2.05) is 18.9 Å². The molecule has 0 spiro atoms.